The molecule has 1 aromatic heterocycles. The maximum Gasteiger partial charge on any atom is 0.337 e. The van der Waals surface area contributed by atoms with Crippen molar-refractivity contribution in [3.8, 4) is 0 Å². The minimum Gasteiger partial charge on any atom is -0.478 e. The minimum absolute atomic E-state index is 0.172. The van der Waals surface area contributed by atoms with Gasteiger partial charge in [-0.25, -0.2) is 9.78 Å². The van der Waals surface area contributed by atoms with Gasteiger partial charge in [-0.2, -0.15) is 0 Å². The summed E-state index contributed by atoms with van der Waals surface area (Å²) >= 11 is 0. The van der Waals surface area contributed by atoms with Crippen molar-refractivity contribution in [2.24, 2.45) is 0 Å². The topological polar surface area (TPSA) is 91.5 Å². The molecule has 6 heteroatoms. The van der Waals surface area contributed by atoms with Crippen LogP contribution >= 0.6 is 0 Å². The Balaban J connectivity index is 1.89. The first-order valence-corrected chi connectivity index (χ1v) is 6.62. The molecule has 1 saturated heterocycles. The summed E-state index contributed by atoms with van der Waals surface area (Å²) in [7, 11) is 0. The van der Waals surface area contributed by atoms with Crippen LogP contribution in [0.1, 0.15) is 29.6 Å². The minimum atomic E-state index is -0.991. The van der Waals surface area contributed by atoms with Gasteiger partial charge < -0.3 is 21.1 Å². The summed E-state index contributed by atoms with van der Waals surface area (Å²) in [4.78, 5) is 17.4. The van der Waals surface area contributed by atoms with E-state index in [0.29, 0.717) is 12.2 Å². The maximum absolute atomic E-state index is 11.1. The van der Waals surface area contributed by atoms with Gasteiger partial charge in [0.05, 0.1) is 17.4 Å². The molecule has 2 heterocycles. The zero-order valence-electron chi connectivity index (χ0n) is 10.9. The molecule has 0 spiro atoms. The van der Waals surface area contributed by atoms with E-state index >= 15 is 0 Å². The highest BCUT2D eigenvalue weighted by Gasteiger charge is 2.12. The number of anilines is 2. The molecule has 0 aromatic carbocycles. The van der Waals surface area contributed by atoms with Gasteiger partial charge in [0.2, 0.25) is 0 Å². The van der Waals surface area contributed by atoms with Gasteiger partial charge in [0, 0.05) is 13.1 Å². The molecule has 0 atom stereocenters. The standard InChI is InChI=1S/C13H20N4O2/c14-12-8-10(13(18)19)11(9-16-12)15-4-7-17-5-2-1-3-6-17/h8-9,15H,1-7H2,(H2,14,16)(H,18,19). The molecular formula is C13H20N4O2. The quantitative estimate of drug-likeness (QED) is 0.741. The van der Waals surface area contributed by atoms with Crippen LogP contribution in [0, 0.1) is 0 Å². The SMILES string of the molecule is Nc1cc(C(=O)O)c(NCCN2CCCCC2)cn1. The van der Waals surface area contributed by atoms with Crippen molar-refractivity contribution >= 4 is 17.5 Å². The molecule has 1 aromatic rings. The lowest BCUT2D eigenvalue weighted by Crippen LogP contribution is -2.33. The Kier molecular flexibility index (Phi) is 4.57. The van der Waals surface area contributed by atoms with Crippen LogP contribution in [0.5, 0.6) is 0 Å². The largest absolute Gasteiger partial charge is 0.478 e. The summed E-state index contributed by atoms with van der Waals surface area (Å²) in [5, 5.41) is 12.2. The summed E-state index contributed by atoms with van der Waals surface area (Å²) in [6.45, 7) is 3.90. The van der Waals surface area contributed by atoms with E-state index in [2.05, 4.69) is 15.2 Å². The first-order chi connectivity index (χ1) is 9.16. The Labute approximate surface area is 112 Å². The van der Waals surface area contributed by atoms with Crippen LogP contribution in [0.4, 0.5) is 11.5 Å². The van der Waals surface area contributed by atoms with Crippen LogP contribution in [0.15, 0.2) is 12.3 Å². The third-order valence-electron chi connectivity index (χ3n) is 3.35. The molecule has 6 nitrogen and oxygen atoms in total. The molecular weight excluding hydrogens is 244 g/mol. The van der Waals surface area contributed by atoms with Crippen LogP contribution in [0.2, 0.25) is 0 Å². The summed E-state index contributed by atoms with van der Waals surface area (Å²) in [6.07, 6.45) is 5.30. The number of hydrogen-bond donors (Lipinski definition) is 3. The van der Waals surface area contributed by atoms with Crippen LogP contribution in [0.25, 0.3) is 0 Å². The number of carbonyl (C=O) groups is 1. The number of likely N-dealkylation sites (tertiary alicyclic amines) is 1. The summed E-state index contributed by atoms with van der Waals surface area (Å²) in [6, 6.07) is 1.38. The second-order valence-corrected chi connectivity index (χ2v) is 4.79. The van der Waals surface area contributed by atoms with Crippen LogP contribution in [-0.4, -0.2) is 47.1 Å². The van der Waals surface area contributed by atoms with Gasteiger partial charge in [-0.3, -0.25) is 0 Å². The molecule has 0 amide bonds. The number of carboxylic acid groups (broad SMARTS) is 1. The second-order valence-electron chi connectivity index (χ2n) is 4.79. The highest BCUT2D eigenvalue weighted by atomic mass is 16.4. The molecule has 1 aliphatic heterocycles. The third-order valence-corrected chi connectivity index (χ3v) is 3.35. The van der Waals surface area contributed by atoms with Gasteiger partial charge in [-0.15, -0.1) is 0 Å². The number of aromatic nitrogens is 1. The average molecular weight is 264 g/mol. The van der Waals surface area contributed by atoms with Gasteiger partial charge in [-0.05, 0) is 32.0 Å². The predicted octanol–water partition coefficient (Wildman–Crippen LogP) is 1.26. The third kappa shape index (κ3) is 3.82. The van der Waals surface area contributed by atoms with E-state index in [9.17, 15) is 4.79 Å². The Morgan fingerprint density at radius 1 is 1.42 bits per heavy atom. The lowest BCUT2D eigenvalue weighted by atomic mass is 10.1. The van der Waals surface area contributed by atoms with Crippen LogP contribution < -0.4 is 11.1 Å². The molecule has 2 rings (SSSR count). The van der Waals surface area contributed by atoms with Gasteiger partial charge in [0.25, 0.3) is 0 Å². The van der Waals surface area contributed by atoms with Crippen molar-refractivity contribution < 1.29 is 9.90 Å². The van der Waals surface area contributed by atoms with Gasteiger partial charge in [0.15, 0.2) is 0 Å². The van der Waals surface area contributed by atoms with Crippen molar-refractivity contribution in [3.05, 3.63) is 17.8 Å². The molecule has 0 unspecified atom stereocenters. The fourth-order valence-electron chi connectivity index (χ4n) is 2.32. The van der Waals surface area contributed by atoms with Crippen molar-refractivity contribution in [3.63, 3.8) is 0 Å². The van der Waals surface area contributed by atoms with E-state index in [1.165, 1.54) is 31.5 Å². The molecule has 4 N–H and O–H groups in total. The first-order valence-electron chi connectivity index (χ1n) is 6.62. The average Bonchev–Trinajstić information content (AvgIpc) is 2.41. The highest BCUT2D eigenvalue weighted by molar-refractivity contribution is 5.94. The lowest BCUT2D eigenvalue weighted by molar-refractivity contribution is 0.0698. The predicted molar refractivity (Wildman–Crippen MR) is 74.4 cm³/mol. The van der Waals surface area contributed by atoms with E-state index in [1.807, 2.05) is 0 Å². The number of nitrogen functional groups attached to an aromatic ring is 1. The number of rotatable bonds is 5. The summed E-state index contributed by atoms with van der Waals surface area (Å²) < 4.78 is 0. The maximum atomic E-state index is 11.1. The van der Waals surface area contributed by atoms with E-state index in [-0.39, 0.29) is 11.4 Å². The smallest absolute Gasteiger partial charge is 0.337 e. The van der Waals surface area contributed by atoms with E-state index in [0.717, 1.165) is 19.6 Å². The molecule has 1 aliphatic rings. The van der Waals surface area contributed by atoms with Crippen LogP contribution in [-0.2, 0) is 0 Å². The van der Waals surface area contributed by atoms with Crippen molar-refractivity contribution in [1.82, 2.24) is 9.88 Å². The number of pyridine rings is 1. The molecule has 104 valence electrons. The second kappa shape index (κ2) is 6.38. The monoisotopic (exact) mass is 264 g/mol. The Morgan fingerprint density at radius 2 is 2.16 bits per heavy atom. The van der Waals surface area contributed by atoms with E-state index in [1.54, 1.807) is 0 Å². The van der Waals surface area contributed by atoms with Crippen molar-refractivity contribution in [1.29, 1.82) is 0 Å². The fraction of sp³-hybridized carbons (Fsp3) is 0.538. The summed E-state index contributed by atoms with van der Waals surface area (Å²) in [5.74, 6) is -0.770. The van der Waals surface area contributed by atoms with E-state index < -0.39 is 5.97 Å². The van der Waals surface area contributed by atoms with Crippen molar-refractivity contribution in [2.45, 2.75) is 19.3 Å². The zero-order valence-corrected chi connectivity index (χ0v) is 10.9. The molecule has 0 aliphatic carbocycles. The number of carboxylic acids is 1. The molecule has 1 fully saturated rings. The molecule has 0 bridgehead atoms. The summed E-state index contributed by atoms with van der Waals surface area (Å²) in [5.41, 5.74) is 6.20. The number of piperidine rings is 1. The highest BCUT2D eigenvalue weighted by Crippen LogP contribution is 2.16. The normalized spacial score (nSPS) is 16.2. The Morgan fingerprint density at radius 3 is 2.84 bits per heavy atom. The number of hydrogen-bond acceptors (Lipinski definition) is 5. The molecule has 0 radical (unpaired) electrons. The number of nitrogens with two attached hydrogens (primary N) is 1. The van der Waals surface area contributed by atoms with Gasteiger partial charge in [0.1, 0.15) is 5.82 Å². The van der Waals surface area contributed by atoms with Gasteiger partial charge >= 0.3 is 5.97 Å². The Hall–Kier alpha value is -1.82. The van der Waals surface area contributed by atoms with Gasteiger partial charge in [-0.1, -0.05) is 6.42 Å². The van der Waals surface area contributed by atoms with E-state index in [4.69, 9.17) is 10.8 Å². The fourth-order valence-corrected chi connectivity index (χ4v) is 2.32. The first kappa shape index (κ1) is 13.6. The molecule has 0 saturated carbocycles. The Bertz CT molecular complexity index is 444. The van der Waals surface area contributed by atoms with Crippen molar-refractivity contribution in [2.75, 3.05) is 37.2 Å². The molecule has 19 heavy (non-hydrogen) atoms. The zero-order chi connectivity index (χ0) is 13.7. The number of aromatic carboxylic acids is 1. The number of nitrogens with one attached hydrogen (secondary N) is 1. The number of nitrogens with zero attached hydrogens (tertiary/aromatic N) is 2. The van der Waals surface area contributed by atoms with Crippen LogP contribution in [0.3, 0.4) is 0 Å². The lowest BCUT2D eigenvalue weighted by Gasteiger charge is -2.26.